The van der Waals surface area contributed by atoms with Crippen LogP contribution in [0.5, 0.6) is 0 Å². The highest BCUT2D eigenvalue weighted by Gasteiger charge is 2.45. The maximum atomic E-state index is 11.6. The molecule has 2 fully saturated rings. The fourth-order valence-corrected chi connectivity index (χ4v) is 3.52. The van der Waals surface area contributed by atoms with Crippen molar-refractivity contribution in [3.8, 4) is 0 Å². The fraction of sp³-hybridized carbons (Fsp3) is 0.667. The Kier molecular flexibility index (Phi) is 6.27. The molecule has 2 saturated heterocycles. The molecule has 5 atom stereocenters. The van der Waals surface area contributed by atoms with Crippen LogP contribution in [0, 0.1) is 0 Å². The average Bonchev–Trinajstić information content (AvgIpc) is 3.47. The highest BCUT2D eigenvalue weighted by Crippen LogP contribution is 2.32. The number of hydrogen-bond donors (Lipinski definition) is 4. The zero-order valence-electron chi connectivity index (χ0n) is 16.6. The van der Waals surface area contributed by atoms with Gasteiger partial charge in [-0.3, -0.25) is 4.57 Å². The van der Waals surface area contributed by atoms with Crippen molar-refractivity contribution in [2.75, 3.05) is 31.7 Å². The molecular weight excluding hydrogens is 396 g/mol. The van der Waals surface area contributed by atoms with Crippen LogP contribution in [0.3, 0.4) is 0 Å². The lowest BCUT2D eigenvalue weighted by molar-refractivity contribution is -0.0533. The lowest BCUT2D eigenvalue weighted by atomic mass is 10.1. The van der Waals surface area contributed by atoms with Crippen LogP contribution in [0.4, 0.5) is 10.6 Å². The quantitative estimate of drug-likeness (QED) is 0.471. The average molecular weight is 422 g/mol. The van der Waals surface area contributed by atoms with Crippen LogP contribution in [0.2, 0.25) is 0 Å². The number of rotatable bonds is 7. The molecule has 4 heterocycles. The summed E-state index contributed by atoms with van der Waals surface area (Å²) >= 11 is 0. The van der Waals surface area contributed by atoms with Gasteiger partial charge in [-0.1, -0.05) is 6.92 Å². The smallest absolute Gasteiger partial charge is 0.407 e. The van der Waals surface area contributed by atoms with Crippen molar-refractivity contribution in [3.63, 3.8) is 0 Å². The van der Waals surface area contributed by atoms with Crippen molar-refractivity contribution in [2.45, 2.75) is 50.3 Å². The number of nitrogens with one attached hydrogen (secondary N) is 2. The van der Waals surface area contributed by atoms with E-state index in [0.29, 0.717) is 36.7 Å². The van der Waals surface area contributed by atoms with Crippen LogP contribution in [0.25, 0.3) is 11.2 Å². The number of amides is 1. The lowest BCUT2D eigenvalue weighted by Crippen LogP contribution is -2.36. The third-order valence-corrected chi connectivity index (χ3v) is 5.14. The van der Waals surface area contributed by atoms with Gasteiger partial charge in [0.25, 0.3) is 0 Å². The van der Waals surface area contributed by atoms with Crippen LogP contribution in [0.15, 0.2) is 12.7 Å². The molecule has 12 heteroatoms. The van der Waals surface area contributed by atoms with Gasteiger partial charge in [0, 0.05) is 13.2 Å². The number of imidazole rings is 1. The minimum absolute atomic E-state index is 0.142. The van der Waals surface area contributed by atoms with E-state index in [1.54, 1.807) is 4.57 Å². The number of carbonyl (C=O) groups excluding carboxylic acids is 1. The zero-order valence-corrected chi connectivity index (χ0v) is 16.6. The number of hydrogen-bond acceptors (Lipinski definition) is 10. The standard InChI is InChI=1S/C18H26N6O6/c1-2-4-19-18(27)29-7-11-13(25)14(26)17(30-11)24-9-22-12-15(20-8-21-16(12)24)23-10-3-5-28-6-10/h8-11,13-14,17,25-26H,2-7H2,1H3,(H,19,27)(H,20,21,23)/t10?,11-,13-,14?,17?/m1/s1. The molecule has 2 aliphatic heterocycles. The molecule has 2 aromatic rings. The van der Waals surface area contributed by atoms with Crippen molar-refractivity contribution in [3.05, 3.63) is 12.7 Å². The van der Waals surface area contributed by atoms with Gasteiger partial charge in [0.05, 0.1) is 19.0 Å². The molecule has 0 saturated carbocycles. The highest BCUT2D eigenvalue weighted by molar-refractivity contribution is 5.82. The number of alkyl carbamates (subject to hydrolysis) is 1. The summed E-state index contributed by atoms with van der Waals surface area (Å²) in [5, 5.41) is 26.7. The maximum absolute atomic E-state index is 11.6. The Morgan fingerprint density at radius 2 is 2.20 bits per heavy atom. The largest absolute Gasteiger partial charge is 0.447 e. The van der Waals surface area contributed by atoms with Crippen molar-refractivity contribution in [1.82, 2.24) is 24.8 Å². The first-order valence-electron chi connectivity index (χ1n) is 10.0. The Morgan fingerprint density at radius 1 is 1.33 bits per heavy atom. The van der Waals surface area contributed by atoms with Crippen molar-refractivity contribution in [2.24, 2.45) is 0 Å². The number of nitrogens with zero attached hydrogens (tertiary/aromatic N) is 4. The zero-order chi connectivity index (χ0) is 21.1. The van der Waals surface area contributed by atoms with E-state index in [0.717, 1.165) is 12.8 Å². The summed E-state index contributed by atoms with van der Waals surface area (Å²) in [5.41, 5.74) is 0.971. The first-order chi connectivity index (χ1) is 14.6. The number of aliphatic hydroxyl groups is 2. The fourth-order valence-electron chi connectivity index (χ4n) is 3.52. The van der Waals surface area contributed by atoms with Crippen LogP contribution < -0.4 is 10.6 Å². The van der Waals surface area contributed by atoms with E-state index in [1.807, 2.05) is 6.92 Å². The number of fused-ring (bicyclic) bond motifs is 1. The maximum Gasteiger partial charge on any atom is 0.407 e. The molecular formula is C18H26N6O6. The van der Waals surface area contributed by atoms with Crippen LogP contribution >= 0.6 is 0 Å². The molecule has 164 valence electrons. The summed E-state index contributed by atoms with van der Waals surface area (Å²) in [5.74, 6) is 0.565. The lowest BCUT2D eigenvalue weighted by Gasteiger charge is -2.17. The molecule has 4 N–H and O–H groups in total. The van der Waals surface area contributed by atoms with Crippen LogP contribution in [-0.4, -0.2) is 86.5 Å². The van der Waals surface area contributed by atoms with Crippen LogP contribution in [-0.2, 0) is 14.2 Å². The minimum atomic E-state index is -1.25. The van der Waals surface area contributed by atoms with Crippen molar-refractivity contribution >= 4 is 23.1 Å². The third kappa shape index (κ3) is 4.17. The van der Waals surface area contributed by atoms with Crippen LogP contribution in [0.1, 0.15) is 26.0 Å². The van der Waals surface area contributed by atoms with E-state index in [2.05, 4.69) is 25.6 Å². The van der Waals surface area contributed by atoms with Gasteiger partial charge in [-0.2, -0.15) is 0 Å². The predicted molar refractivity (Wildman–Crippen MR) is 104 cm³/mol. The van der Waals surface area contributed by atoms with Gasteiger partial charge < -0.3 is 35.1 Å². The summed E-state index contributed by atoms with van der Waals surface area (Å²) < 4.78 is 17.8. The van der Waals surface area contributed by atoms with Crippen molar-refractivity contribution in [1.29, 1.82) is 0 Å². The summed E-state index contributed by atoms with van der Waals surface area (Å²) in [4.78, 5) is 24.5. The molecule has 2 aliphatic rings. The summed E-state index contributed by atoms with van der Waals surface area (Å²) in [6.45, 7) is 3.51. The number of aliphatic hydroxyl groups excluding tert-OH is 2. The highest BCUT2D eigenvalue weighted by atomic mass is 16.6. The van der Waals surface area contributed by atoms with E-state index >= 15 is 0 Å². The Labute approximate surface area is 172 Å². The number of ether oxygens (including phenoxy) is 3. The molecule has 0 spiro atoms. The molecule has 12 nitrogen and oxygen atoms in total. The van der Waals surface area contributed by atoms with E-state index < -0.39 is 30.6 Å². The second kappa shape index (κ2) is 9.08. The van der Waals surface area contributed by atoms with E-state index in [-0.39, 0.29) is 12.6 Å². The SMILES string of the molecule is CCCNC(=O)OC[C@H]1OC(n2cnc3c(NC4CCOC4)ncnc32)C(O)[C@@H]1O. The van der Waals surface area contributed by atoms with Gasteiger partial charge >= 0.3 is 6.09 Å². The number of aromatic nitrogens is 4. The Bertz CT molecular complexity index is 872. The summed E-state index contributed by atoms with van der Waals surface area (Å²) in [7, 11) is 0. The second-order valence-electron chi connectivity index (χ2n) is 7.32. The van der Waals surface area contributed by atoms with Gasteiger partial charge in [-0.05, 0) is 12.8 Å². The Hall–Kier alpha value is -2.54. The monoisotopic (exact) mass is 422 g/mol. The molecule has 0 bridgehead atoms. The molecule has 2 aromatic heterocycles. The van der Waals surface area contributed by atoms with Crippen molar-refractivity contribution < 1.29 is 29.2 Å². The molecule has 3 unspecified atom stereocenters. The van der Waals surface area contributed by atoms with E-state index in [1.165, 1.54) is 12.7 Å². The number of carbonyl (C=O) groups is 1. The van der Waals surface area contributed by atoms with Gasteiger partial charge in [0.1, 0.15) is 31.2 Å². The molecule has 4 rings (SSSR count). The normalized spacial score (nSPS) is 28.7. The molecule has 1 amide bonds. The minimum Gasteiger partial charge on any atom is -0.447 e. The Balaban J connectivity index is 1.47. The topological polar surface area (TPSA) is 153 Å². The number of anilines is 1. The second-order valence-corrected chi connectivity index (χ2v) is 7.32. The first kappa shape index (κ1) is 20.7. The predicted octanol–water partition coefficient (Wildman–Crippen LogP) is -0.217. The molecule has 30 heavy (non-hydrogen) atoms. The molecule has 0 radical (unpaired) electrons. The molecule has 0 aromatic carbocycles. The van der Waals surface area contributed by atoms with Gasteiger partial charge in [-0.15, -0.1) is 0 Å². The van der Waals surface area contributed by atoms with E-state index in [4.69, 9.17) is 14.2 Å². The van der Waals surface area contributed by atoms with Gasteiger partial charge in [-0.25, -0.2) is 19.7 Å². The summed E-state index contributed by atoms with van der Waals surface area (Å²) in [6.07, 6.45) is -0.374. The third-order valence-electron chi connectivity index (χ3n) is 5.14. The summed E-state index contributed by atoms with van der Waals surface area (Å²) in [6, 6.07) is 0.142. The molecule has 0 aliphatic carbocycles. The Morgan fingerprint density at radius 3 is 2.97 bits per heavy atom. The first-order valence-corrected chi connectivity index (χ1v) is 10.0. The van der Waals surface area contributed by atoms with Gasteiger partial charge in [0.2, 0.25) is 0 Å². The van der Waals surface area contributed by atoms with E-state index in [9.17, 15) is 15.0 Å². The van der Waals surface area contributed by atoms with Gasteiger partial charge in [0.15, 0.2) is 23.2 Å².